The Balaban J connectivity index is 2.95. The molecule has 1 aromatic rings. The zero-order valence-corrected chi connectivity index (χ0v) is 13.9. The molecule has 0 aliphatic rings. The highest BCUT2D eigenvalue weighted by Crippen LogP contribution is 2.25. The molecule has 0 saturated heterocycles. The highest BCUT2D eigenvalue weighted by atomic mass is 35.5. The maximum Gasteiger partial charge on any atom is 0.224 e. The van der Waals surface area contributed by atoms with Crippen molar-refractivity contribution in [3.05, 3.63) is 11.2 Å². The minimum Gasteiger partial charge on any atom is -0.354 e. The van der Waals surface area contributed by atoms with E-state index in [-0.39, 0.29) is 0 Å². The molecule has 1 rings (SSSR count). The molecule has 1 N–H and O–H groups in total. The molecule has 0 amide bonds. The van der Waals surface area contributed by atoms with Crippen LogP contribution in [0.1, 0.15) is 27.2 Å². The van der Waals surface area contributed by atoms with E-state index in [1.54, 1.807) is 6.20 Å². The van der Waals surface area contributed by atoms with Gasteiger partial charge in [-0.3, -0.25) is 0 Å². The van der Waals surface area contributed by atoms with E-state index >= 15 is 0 Å². The summed E-state index contributed by atoms with van der Waals surface area (Å²) >= 11 is 6.28. The van der Waals surface area contributed by atoms with Crippen LogP contribution in [0, 0.1) is 0 Å². The standard InChI is InChI=1S/C14H26ClN5/c1-6-8-16-14-17-9-12(15)13(18-14)20(7-2)11(3)10-19(4)5/h9,11H,6-8,10H2,1-5H3,(H,16,17,18). The second-order valence-corrected chi connectivity index (χ2v) is 5.60. The van der Waals surface area contributed by atoms with E-state index in [1.165, 1.54) is 0 Å². The fourth-order valence-electron chi connectivity index (χ4n) is 2.18. The van der Waals surface area contributed by atoms with Gasteiger partial charge in [0, 0.05) is 25.7 Å². The molecule has 1 aromatic heterocycles. The molecular formula is C14H26ClN5. The Labute approximate surface area is 127 Å². The molecule has 114 valence electrons. The number of anilines is 2. The van der Waals surface area contributed by atoms with E-state index in [1.807, 2.05) is 0 Å². The van der Waals surface area contributed by atoms with Crippen LogP contribution >= 0.6 is 11.6 Å². The first kappa shape index (κ1) is 17.0. The van der Waals surface area contributed by atoms with Crippen LogP contribution in [0.15, 0.2) is 6.20 Å². The van der Waals surface area contributed by atoms with Crippen LogP contribution in [0.5, 0.6) is 0 Å². The predicted octanol–water partition coefficient (Wildman–Crippen LogP) is 2.73. The first-order valence-corrected chi connectivity index (χ1v) is 7.55. The van der Waals surface area contributed by atoms with Crippen molar-refractivity contribution >= 4 is 23.4 Å². The average molecular weight is 300 g/mol. The molecule has 0 aliphatic heterocycles. The van der Waals surface area contributed by atoms with Crippen molar-refractivity contribution < 1.29 is 0 Å². The molecule has 0 spiro atoms. The van der Waals surface area contributed by atoms with E-state index in [9.17, 15) is 0 Å². The van der Waals surface area contributed by atoms with Gasteiger partial charge in [0.25, 0.3) is 0 Å². The minimum absolute atomic E-state index is 0.335. The van der Waals surface area contributed by atoms with E-state index in [2.05, 4.69) is 60.0 Å². The van der Waals surface area contributed by atoms with Crippen molar-refractivity contribution in [2.45, 2.75) is 33.2 Å². The Bertz CT molecular complexity index is 411. The average Bonchev–Trinajstić information content (AvgIpc) is 2.39. The predicted molar refractivity (Wildman–Crippen MR) is 86.9 cm³/mol. The first-order valence-electron chi connectivity index (χ1n) is 7.17. The van der Waals surface area contributed by atoms with Gasteiger partial charge in [-0.2, -0.15) is 4.98 Å². The molecule has 0 saturated carbocycles. The van der Waals surface area contributed by atoms with Crippen molar-refractivity contribution in [3.8, 4) is 0 Å². The molecule has 1 atom stereocenters. The van der Waals surface area contributed by atoms with Gasteiger partial charge < -0.3 is 15.1 Å². The molecule has 1 heterocycles. The SMILES string of the molecule is CCCNc1ncc(Cl)c(N(CC)C(C)CN(C)C)n1. The summed E-state index contributed by atoms with van der Waals surface area (Å²) in [5.41, 5.74) is 0. The summed E-state index contributed by atoms with van der Waals surface area (Å²) in [7, 11) is 4.14. The monoisotopic (exact) mass is 299 g/mol. The topological polar surface area (TPSA) is 44.3 Å². The third-order valence-corrected chi connectivity index (χ3v) is 3.30. The fraction of sp³-hybridized carbons (Fsp3) is 0.714. The summed E-state index contributed by atoms with van der Waals surface area (Å²) in [5.74, 6) is 1.44. The molecule has 6 heteroatoms. The minimum atomic E-state index is 0.335. The lowest BCUT2D eigenvalue weighted by atomic mass is 10.2. The number of hydrogen-bond acceptors (Lipinski definition) is 5. The zero-order chi connectivity index (χ0) is 15.1. The van der Waals surface area contributed by atoms with Gasteiger partial charge in [0.1, 0.15) is 5.02 Å². The van der Waals surface area contributed by atoms with Crippen LogP contribution in [-0.2, 0) is 0 Å². The molecule has 5 nitrogen and oxygen atoms in total. The van der Waals surface area contributed by atoms with Gasteiger partial charge in [-0.25, -0.2) is 4.98 Å². The molecule has 0 aromatic carbocycles. The first-order chi connectivity index (χ1) is 9.49. The highest BCUT2D eigenvalue weighted by molar-refractivity contribution is 6.32. The Morgan fingerprint density at radius 1 is 1.35 bits per heavy atom. The zero-order valence-electron chi connectivity index (χ0n) is 13.1. The maximum absolute atomic E-state index is 6.28. The number of nitrogens with one attached hydrogen (secondary N) is 1. The van der Waals surface area contributed by atoms with Gasteiger partial charge in [0.2, 0.25) is 5.95 Å². The van der Waals surface area contributed by atoms with Crippen molar-refractivity contribution in [2.24, 2.45) is 0 Å². The second kappa shape index (κ2) is 8.27. The van der Waals surface area contributed by atoms with Gasteiger partial charge in [-0.1, -0.05) is 18.5 Å². The summed E-state index contributed by atoms with van der Waals surface area (Å²) < 4.78 is 0. The van der Waals surface area contributed by atoms with E-state index < -0.39 is 0 Å². The number of rotatable bonds is 8. The lowest BCUT2D eigenvalue weighted by molar-refractivity contribution is 0.372. The van der Waals surface area contributed by atoms with Crippen LogP contribution in [0.2, 0.25) is 5.02 Å². The maximum atomic E-state index is 6.28. The van der Waals surface area contributed by atoms with Crippen molar-refractivity contribution in [1.29, 1.82) is 0 Å². The Hall–Kier alpha value is -1.07. The molecule has 0 bridgehead atoms. The summed E-state index contributed by atoms with van der Waals surface area (Å²) in [4.78, 5) is 13.2. The lowest BCUT2D eigenvalue weighted by Gasteiger charge is -2.31. The number of halogens is 1. The molecule has 0 radical (unpaired) electrons. The normalized spacial score (nSPS) is 12.6. The Kier molecular flexibility index (Phi) is 7.02. The number of hydrogen-bond donors (Lipinski definition) is 1. The van der Waals surface area contributed by atoms with Crippen LogP contribution in [0.3, 0.4) is 0 Å². The van der Waals surface area contributed by atoms with Gasteiger partial charge in [-0.15, -0.1) is 0 Å². The van der Waals surface area contributed by atoms with Crippen molar-refractivity contribution in [3.63, 3.8) is 0 Å². The third kappa shape index (κ3) is 4.80. The summed E-state index contributed by atoms with van der Waals surface area (Å²) in [5, 5.41) is 3.80. The number of likely N-dealkylation sites (N-methyl/N-ethyl adjacent to an activating group) is 2. The smallest absolute Gasteiger partial charge is 0.224 e. The number of nitrogens with zero attached hydrogens (tertiary/aromatic N) is 4. The van der Waals surface area contributed by atoms with Gasteiger partial charge in [-0.05, 0) is 34.4 Å². The lowest BCUT2D eigenvalue weighted by Crippen LogP contribution is -2.40. The van der Waals surface area contributed by atoms with E-state index in [4.69, 9.17) is 11.6 Å². The van der Waals surface area contributed by atoms with E-state index in [0.717, 1.165) is 31.9 Å². The quantitative estimate of drug-likeness (QED) is 0.799. The molecule has 0 fully saturated rings. The summed E-state index contributed by atoms with van der Waals surface area (Å²) in [6.45, 7) is 9.08. The molecule has 0 aliphatic carbocycles. The third-order valence-electron chi connectivity index (χ3n) is 3.03. The van der Waals surface area contributed by atoms with Crippen LogP contribution in [-0.4, -0.2) is 54.6 Å². The van der Waals surface area contributed by atoms with Crippen molar-refractivity contribution in [1.82, 2.24) is 14.9 Å². The number of aromatic nitrogens is 2. The highest BCUT2D eigenvalue weighted by Gasteiger charge is 2.18. The van der Waals surface area contributed by atoms with Gasteiger partial charge in [0.15, 0.2) is 5.82 Å². The van der Waals surface area contributed by atoms with Gasteiger partial charge >= 0.3 is 0 Å². The summed E-state index contributed by atoms with van der Waals surface area (Å²) in [6, 6.07) is 0.335. The van der Waals surface area contributed by atoms with Crippen molar-refractivity contribution in [2.75, 3.05) is 43.9 Å². The van der Waals surface area contributed by atoms with Crippen LogP contribution < -0.4 is 10.2 Å². The largest absolute Gasteiger partial charge is 0.354 e. The fourth-order valence-corrected chi connectivity index (χ4v) is 2.38. The Morgan fingerprint density at radius 3 is 2.60 bits per heavy atom. The molecule has 1 unspecified atom stereocenters. The Morgan fingerprint density at radius 2 is 2.05 bits per heavy atom. The summed E-state index contributed by atoms with van der Waals surface area (Å²) in [6.07, 6.45) is 2.71. The van der Waals surface area contributed by atoms with Crippen LogP contribution in [0.4, 0.5) is 11.8 Å². The van der Waals surface area contributed by atoms with Crippen LogP contribution in [0.25, 0.3) is 0 Å². The molecule has 20 heavy (non-hydrogen) atoms. The molecular weight excluding hydrogens is 274 g/mol. The second-order valence-electron chi connectivity index (χ2n) is 5.19. The van der Waals surface area contributed by atoms with Gasteiger partial charge in [0.05, 0.1) is 6.20 Å². The van der Waals surface area contributed by atoms with E-state index in [0.29, 0.717) is 17.0 Å².